The molecule has 0 atom stereocenters. The lowest BCUT2D eigenvalue weighted by Gasteiger charge is -2.07. The third-order valence-corrected chi connectivity index (χ3v) is 5.32. The minimum absolute atomic E-state index is 0.832. The fourth-order valence-corrected chi connectivity index (χ4v) is 3.48. The molecule has 0 aliphatic carbocycles. The molecule has 0 amide bonds. The molecule has 0 heterocycles. The standard InChI is InChI=1S/C23H46OS/c1-3-5-7-8-9-10-11-12-13-14-15-16-17-18-20-22-24-23(25)21-19-6-4-2/h3-22H2,1-2H3. The molecular weight excluding hydrogens is 324 g/mol. The SMILES string of the molecule is CCCCCCCCCCCCCCCCCOC(=S)CCCCC. The zero-order valence-electron chi connectivity index (χ0n) is 17.5. The van der Waals surface area contributed by atoms with E-state index >= 15 is 0 Å². The first-order valence-electron chi connectivity index (χ1n) is 11.5. The summed E-state index contributed by atoms with van der Waals surface area (Å²) in [6.07, 6.45) is 25.8. The zero-order valence-corrected chi connectivity index (χ0v) is 18.3. The van der Waals surface area contributed by atoms with Crippen LogP contribution in [0.2, 0.25) is 0 Å². The molecule has 1 nitrogen and oxygen atoms in total. The van der Waals surface area contributed by atoms with Crippen molar-refractivity contribution in [2.75, 3.05) is 6.61 Å². The second-order valence-electron chi connectivity index (χ2n) is 7.63. The summed E-state index contributed by atoms with van der Waals surface area (Å²) >= 11 is 5.25. The van der Waals surface area contributed by atoms with E-state index < -0.39 is 0 Å². The van der Waals surface area contributed by atoms with Gasteiger partial charge in [-0.1, -0.05) is 117 Å². The van der Waals surface area contributed by atoms with E-state index in [0.29, 0.717) is 0 Å². The number of hydrogen-bond donors (Lipinski definition) is 0. The van der Waals surface area contributed by atoms with Crippen LogP contribution < -0.4 is 0 Å². The highest BCUT2D eigenvalue weighted by Crippen LogP contribution is 2.13. The summed E-state index contributed by atoms with van der Waals surface area (Å²) in [5, 5.41) is 0.832. The molecule has 0 aromatic rings. The van der Waals surface area contributed by atoms with Crippen molar-refractivity contribution in [2.24, 2.45) is 0 Å². The molecule has 0 radical (unpaired) electrons. The van der Waals surface area contributed by atoms with Gasteiger partial charge in [0, 0.05) is 6.42 Å². The molecule has 0 rings (SSSR count). The third kappa shape index (κ3) is 21.8. The molecule has 0 N–H and O–H groups in total. The Kier molecular flexibility index (Phi) is 21.8. The Morgan fingerprint density at radius 1 is 0.520 bits per heavy atom. The first-order valence-corrected chi connectivity index (χ1v) is 11.9. The normalized spacial score (nSPS) is 11.0. The summed E-state index contributed by atoms with van der Waals surface area (Å²) in [6, 6.07) is 0. The number of rotatable bonds is 20. The summed E-state index contributed by atoms with van der Waals surface area (Å²) in [5.74, 6) is 0. The Labute approximate surface area is 164 Å². The largest absolute Gasteiger partial charge is 0.487 e. The first kappa shape index (κ1) is 24.9. The Hall–Kier alpha value is -0.110. The summed E-state index contributed by atoms with van der Waals surface area (Å²) in [6.45, 7) is 5.35. The highest BCUT2D eigenvalue weighted by Gasteiger charge is 1.98. The maximum atomic E-state index is 5.63. The van der Waals surface area contributed by atoms with Crippen LogP contribution in [0.15, 0.2) is 0 Å². The average molecular weight is 371 g/mol. The second-order valence-corrected chi connectivity index (χ2v) is 8.08. The number of thiocarbonyl (C=S) groups is 1. The fraction of sp³-hybridized carbons (Fsp3) is 0.957. The van der Waals surface area contributed by atoms with Crippen molar-refractivity contribution < 1.29 is 4.74 Å². The highest BCUT2D eigenvalue weighted by molar-refractivity contribution is 7.80. The summed E-state index contributed by atoms with van der Waals surface area (Å²) < 4.78 is 5.63. The van der Waals surface area contributed by atoms with Gasteiger partial charge in [0.1, 0.15) is 0 Å². The molecular formula is C23H46OS. The topological polar surface area (TPSA) is 9.23 Å². The van der Waals surface area contributed by atoms with Crippen LogP contribution in [0.1, 0.15) is 136 Å². The molecule has 0 saturated heterocycles. The molecule has 0 aromatic carbocycles. The van der Waals surface area contributed by atoms with E-state index in [1.807, 2.05) is 0 Å². The Morgan fingerprint density at radius 3 is 1.32 bits per heavy atom. The lowest BCUT2D eigenvalue weighted by Crippen LogP contribution is -2.03. The molecule has 0 aromatic heterocycles. The minimum Gasteiger partial charge on any atom is -0.487 e. The molecule has 0 fully saturated rings. The Morgan fingerprint density at radius 2 is 0.880 bits per heavy atom. The van der Waals surface area contributed by atoms with Gasteiger partial charge < -0.3 is 4.74 Å². The van der Waals surface area contributed by atoms with Gasteiger partial charge in [-0.05, 0) is 25.1 Å². The Balaban J connectivity index is 3.06. The van der Waals surface area contributed by atoms with Gasteiger partial charge in [0.25, 0.3) is 0 Å². The van der Waals surface area contributed by atoms with Crippen molar-refractivity contribution in [3.05, 3.63) is 0 Å². The predicted molar refractivity (Wildman–Crippen MR) is 118 cm³/mol. The minimum atomic E-state index is 0.832. The van der Waals surface area contributed by atoms with Gasteiger partial charge >= 0.3 is 0 Å². The molecule has 0 unspecified atom stereocenters. The summed E-state index contributed by atoms with van der Waals surface area (Å²) in [4.78, 5) is 0. The van der Waals surface area contributed by atoms with Crippen molar-refractivity contribution in [1.29, 1.82) is 0 Å². The number of ether oxygens (including phenoxy) is 1. The molecule has 150 valence electrons. The maximum Gasteiger partial charge on any atom is 0.159 e. The molecule has 2 heteroatoms. The first-order chi connectivity index (χ1) is 12.3. The molecule has 0 aliphatic heterocycles. The van der Waals surface area contributed by atoms with E-state index in [9.17, 15) is 0 Å². The lowest BCUT2D eigenvalue weighted by atomic mass is 10.0. The van der Waals surface area contributed by atoms with E-state index in [1.165, 1.54) is 116 Å². The molecule has 0 aliphatic rings. The van der Waals surface area contributed by atoms with Crippen LogP contribution >= 0.6 is 12.2 Å². The predicted octanol–water partition coefficient (Wildman–Crippen LogP) is 8.78. The van der Waals surface area contributed by atoms with Crippen LogP contribution in [-0.4, -0.2) is 11.7 Å². The van der Waals surface area contributed by atoms with E-state index in [0.717, 1.165) is 18.1 Å². The van der Waals surface area contributed by atoms with Gasteiger partial charge in [-0.3, -0.25) is 0 Å². The molecule has 0 saturated carbocycles. The third-order valence-electron chi connectivity index (χ3n) is 5.00. The van der Waals surface area contributed by atoms with Gasteiger partial charge in [-0.2, -0.15) is 0 Å². The smallest absolute Gasteiger partial charge is 0.159 e. The maximum absolute atomic E-state index is 5.63. The zero-order chi connectivity index (χ0) is 18.4. The molecule has 0 spiro atoms. The molecule has 25 heavy (non-hydrogen) atoms. The van der Waals surface area contributed by atoms with Crippen LogP contribution in [0, 0.1) is 0 Å². The van der Waals surface area contributed by atoms with Crippen molar-refractivity contribution in [1.82, 2.24) is 0 Å². The fourth-order valence-electron chi connectivity index (χ4n) is 3.25. The summed E-state index contributed by atoms with van der Waals surface area (Å²) in [7, 11) is 0. The van der Waals surface area contributed by atoms with Gasteiger partial charge in [0.2, 0.25) is 0 Å². The summed E-state index contributed by atoms with van der Waals surface area (Å²) in [5.41, 5.74) is 0. The van der Waals surface area contributed by atoms with E-state index in [-0.39, 0.29) is 0 Å². The van der Waals surface area contributed by atoms with Crippen molar-refractivity contribution in [2.45, 2.75) is 136 Å². The van der Waals surface area contributed by atoms with Crippen LogP contribution in [-0.2, 0) is 4.74 Å². The van der Waals surface area contributed by atoms with E-state index in [4.69, 9.17) is 17.0 Å². The van der Waals surface area contributed by atoms with Crippen molar-refractivity contribution in [3.8, 4) is 0 Å². The lowest BCUT2D eigenvalue weighted by molar-refractivity contribution is 0.291. The molecule has 0 bridgehead atoms. The van der Waals surface area contributed by atoms with Crippen LogP contribution in [0.4, 0.5) is 0 Å². The number of unbranched alkanes of at least 4 members (excludes halogenated alkanes) is 16. The van der Waals surface area contributed by atoms with Crippen molar-refractivity contribution >= 4 is 17.3 Å². The second kappa shape index (κ2) is 21.9. The number of hydrogen-bond acceptors (Lipinski definition) is 2. The van der Waals surface area contributed by atoms with Gasteiger partial charge in [0.15, 0.2) is 5.05 Å². The quantitative estimate of drug-likeness (QED) is 0.156. The van der Waals surface area contributed by atoms with E-state index in [2.05, 4.69) is 13.8 Å². The van der Waals surface area contributed by atoms with Crippen LogP contribution in [0.25, 0.3) is 0 Å². The van der Waals surface area contributed by atoms with Crippen molar-refractivity contribution in [3.63, 3.8) is 0 Å². The monoisotopic (exact) mass is 370 g/mol. The highest BCUT2D eigenvalue weighted by atomic mass is 32.1. The Bertz CT molecular complexity index is 265. The van der Waals surface area contributed by atoms with E-state index in [1.54, 1.807) is 0 Å². The van der Waals surface area contributed by atoms with Crippen LogP contribution in [0.5, 0.6) is 0 Å². The van der Waals surface area contributed by atoms with Crippen LogP contribution in [0.3, 0.4) is 0 Å². The van der Waals surface area contributed by atoms with Gasteiger partial charge in [-0.25, -0.2) is 0 Å². The van der Waals surface area contributed by atoms with Gasteiger partial charge in [-0.15, -0.1) is 0 Å². The van der Waals surface area contributed by atoms with Gasteiger partial charge in [0.05, 0.1) is 6.61 Å². The average Bonchev–Trinajstić information content (AvgIpc) is 2.61.